The van der Waals surface area contributed by atoms with E-state index in [1.165, 1.54) is 11.1 Å². The van der Waals surface area contributed by atoms with Crippen LogP contribution in [0.15, 0.2) is 78.9 Å². The van der Waals surface area contributed by atoms with Crippen LogP contribution in [-0.2, 0) is 17.8 Å². The summed E-state index contributed by atoms with van der Waals surface area (Å²) in [6.45, 7) is 6.17. The van der Waals surface area contributed by atoms with E-state index in [2.05, 4.69) is 41.9 Å². The number of hydrogen-bond acceptors (Lipinski definition) is 3. The van der Waals surface area contributed by atoms with Crippen LogP contribution in [0.4, 0.5) is 0 Å². The van der Waals surface area contributed by atoms with Crippen molar-refractivity contribution in [3.05, 3.63) is 101 Å². The van der Waals surface area contributed by atoms with Gasteiger partial charge in [-0.05, 0) is 67.3 Å². The Labute approximate surface area is 201 Å². The molecular weight excluding hydrogens is 422 g/mol. The largest absolute Gasteiger partial charge is 0.494 e. The molecule has 0 aliphatic carbocycles. The summed E-state index contributed by atoms with van der Waals surface area (Å²) < 4.78 is 8.21. The minimum Gasteiger partial charge on any atom is -0.494 e. The van der Waals surface area contributed by atoms with E-state index in [4.69, 9.17) is 9.72 Å². The molecule has 0 unspecified atom stereocenters. The average molecular weight is 454 g/mol. The third kappa shape index (κ3) is 6.13. The van der Waals surface area contributed by atoms with Crippen LogP contribution in [-0.4, -0.2) is 28.6 Å². The molecule has 4 aromatic rings. The molecule has 4 rings (SSSR count). The van der Waals surface area contributed by atoms with Crippen molar-refractivity contribution in [3.8, 4) is 5.75 Å². The topological polar surface area (TPSA) is 56.1 Å². The Hall–Kier alpha value is -3.86. The van der Waals surface area contributed by atoms with E-state index in [0.29, 0.717) is 19.6 Å². The summed E-state index contributed by atoms with van der Waals surface area (Å²) in [6.07, 6.45) is 4.92. The van der Waals surface area contributed by atoms with Crippen molar-refractivity contribution >= 4 is 23.0 Å². The van der Waals surface area contributed by atoms with E-state index < -0.39 is 0 Å². The van der Waals surface area contributed by atoms with Gasteiger partial charge in [-0.25, -0.2) is 4.98 Å². The third-order valence-electron chi connectivity index (χ3n) is 5.88. The first-order chi connectivity index (χ1) is 16.6. The highest BCUT2D eigenvalue weighted by molar-refractivity contribution is 5.91. The van der Waals surface area contributed by atoms with Crippen LogP contribution in [0, 0.1) is 13.8 Å². The summed E-state index contributed by atoms with van der Waals surface area (Å²) in [6, 6.07) is 24.2. The van der Waals surface area contributed by atoms with Crippen LogP contribution >= 0.6 is 0 Å². The van der Waals surface area contributed by atoms with Gasteiger partial charge in [0.25, 0.3) is 0 Å². The van der Waals surface area contributed by atoms with Gasteiger partial charge in [0.1, 0.15) is 11.6 Å². The van der Waals surface area contributed by atoms with Gasteiger partial charge in [0, 0.05) is 25.6 Å². The van der Waals surface area contributed by atoms with E-state index in [1.807, 2.05) is 60.7 Å². The molecule has 34 heavy (non-hydrogen) atoms. The molecule has 0 aliphatic rings. The van der Waals surface area contributed by atoms with Gasteiger partial charge >= 0.3 is 0 Å². The Morgan fingerprint density at radius 3 is 2.62 bits per heavy atom. The number of benzene rings is 3. The standard InChI is InChI=1S/C29H31N3O2/c1-22-13-15-25(21-23(22)2)34-20-8-19-32-27-12-7-6-11-26(27)31-28(32)17-18-30-29(33)16-14-24-9-4-3-5-10-24/h3-7,9-16,21H,8,17-20H2,1-2H3,(H,30,33)/b16-14+. The fourth-order valence-corrected chi connectivity index (χ4v) is 3.87. The third-order valence-corrected chi connectivity index (χ3v) is 5.88. The number of imidazole rings is 1. The Morgan fingerprint density at radius 1 is 1.00 bits per heavy atom. The smallest absolute Gasteiger partial charge is 0.244 e. The molecule has 0 saturated carbocycles. The number of hydrogen-bond donors (Lipinski definition) is 1. The molecule has 0 radical (unpaired) electrons. The predicted octanol–water partition coefficient (Wildman–Crippen LogP) is 5.49. The van der Waals surface area contributed by atoms with Gasteiger partial charge in [0.15, 0.2) is 0 Å². The molecular formula is C29H31N3O2. The van der Waals surface area contributed by atoms with Gasteiger partial charge in [-0.1, -0.05) is 48.5 Å². The molecule has 1 N–H and O–H groups in total. The fraction of sp³-hybridized carbons (Fsp3) is 0.241. The van der Waals surface area contributed by atoms with Crippen LogP contribution in [0.3, 0.4) is 0 Å². The molecule has 0 fully saturated rings. The lowest BCUT2D eigenvalue weighted by atomic mass is 10.1. The van der Waals surface area contributed by atoms with Crippen molar-refractivity contribution < 1.29 is 9.53 Å². The van der Waals surface area contributed by atoms with E-state index >= 15 is 0 Å². The molecule has 1 amide bonds. The van der Waals surface area contributed by atoms with Gasteiger partial charge in [-0.2, -0.15) is 0 Å². The van der Waals surface area contributed by atoms with Gasteiger partial charge in [0.2, 0.25) is 5.91 Å². The van der Waals surface area contributed by atoms with E-state index in [1.54, 1.807) is 6.08 Å². The van der Waals surface area contributed by atoms with Crippen LogP contribution in [0.2, 0.25) is 0 Å². The zero-order chi connectivity index (χ0) is 23.8. The normalized spacial score (nSPS) is 11.2. The van der Waals surface area contributed by atoms with Gasteiger partial charge < -0.3 is 14.6 Å². The lowest BCUT2D eigenvalue weighted by Crippen LogP contribution is -2.24. The van der Waals surface area contributed by atoms with Crippen LogP contribution in [0.5, 0.6) is 5.75 Å². The molecule has 5 heteroatoms. The maximum Gasteiger partial charge on any atom is 0.244 e. The maximum atomic E-state index is 12.2. The summed E-state index contributed by atoms with van der Waals surface area (Å²) in [4.78, 5) is 17.0. The summed E-state index contributed by atoms with van der Waals surface area (Å²) in [5, 5.41) is 2.97. The summed E-state index contributed by atoms with van der Waals surface area (Å²) in [5.41, 5.74) is 5.59. The van der Waals surface area contributed by atoms with Crippen molar-refractivity contribution in [1.29, 1.82) is 0 Å². The number of carbonyl (C=O) groups is 1. The second-order valence-electron chi connectivity index (χ2n) is 8.40. The van der Waals surface area contributed by atoms with E-state index in [-0.39, 0.29) is 5.91 Å². The molecule has 0 bridgehead atoms. The zero-order valence-corrected chi connectivity index (χ0v) is 19.8. The number of fused-ring (bicyclic) bond motifs is 1. The Morgan fingerprint density at radius 2 is 1.79 bits per heavy atom. The second-order valence-corrected chi connectivity index (χ2v) is 8.40. The van der Waals surface area contributed by atoms with Crippen molar-refractivity contribution in [2.24, 2.45) is 0 Å². The molecule has 0 atom stereocenters. The van der Waals surface area contributed by atoms with Crippen molar-refractivity contribution in [1.82, 2.24) is 14.9 Å². The van der Waals surface area contributed by atoms with Crippen molar-refractivity contribution in [3.63, 3.8) is 0 Å². The minimum absolute atomic E-state index is 0.103. The highest BCUT2D eigenvalue weighted by Gasteiger charge is 2.10. The predicted molar refractivity (Wildman–Crippen MR) is 138 cm³/mol. The quantitative estimate of drug-likeness (QED) is 0.255. The Bertz CT molecular complexity index is 1280. The summed E-state index contributed by atoms with van der Waals surface area (Å²) >= 11 is 0. The first-order valence-corrected chi connectivity index (χ1v) is 11.8. The Balaban J connectivity index is 1.33. The fourth-order valence-electron chi connectivity index (χ4n) is 3.87. The molecule has 0 aliphatic heterocycles. The average Bonchev–Trinajstić information content (AvgIpc) is 3.20. The molecule has 5 nitrogen and oxygen atoms in total. The molecule has 0 spiro atoms. The second kappa shape index (κ2) is 11.3. The van der Waals surface area contributed by atoms with Crippen LogP contribution < -0.4 is 10.1 Å². The van der Waals surface area contributed by atoms with Crippen molar-refractivity contribution in [2.45, 2.75) is 33.2 Å². The molecule has 1 heterocycles. The highest BCUT2D eigenvalue weighted by atomic mass is 16.5. The highest BCUT2D eigenvalue weighted by Crippen LogP contribution is 2.19. The summed E-state index contributed by atoms with van der Waals surface area (Å²) in [7, 11) is 0. The first kappa shape index (κ1) is 23.3. The molecule has 174 valence electrons. The molecule has 1 aromatic heterocycles. The van der Waals surface area contributed by atoms with E-state index in [9.17, 15) is 4.79 Å². The van der Waals surface area contributed by atoms with E-state index in [0.717, 1.165) is 41.1 Å². The van der Waals surface area contributed by atoms with Gasteiger partial charge in [-0.15, -0.1) is 0 Å². The Kier molecular flexibility index (Phi) is 7.76. The number of carbonyl (C=O) groups excluding carboxylic acids is 1. The SMILES string of the molecule is Cc1ccc(OCCCn2c(CCNC(=O)/C=C/c3ccccc3)nc3ccccc32)cc1C. The number of para-hydroxylation sites is 2. The van der Waals surface area contributed by atoms with Crippen molar-refractivity contribution in [2.75, 3.05) is 13.2 Å². The first-order valence-electron chi connectivity index (χ1n) is 11.8. The van der Waals surface area contributed by atoms with Gasteiger partial charge in [0.05, 0.1) is 17.6 Å². The van der Waals surface area contributed by atoms with Crippen LogP contribution in [0.1, 0.15) is 28.9 Å². The maximum absolute atomic E-state index is 12.2. The number of amides is 1. The molecule has 3 aromatic carbocycles. The number of rotatable bonds is 10. The number of aryl methyl sites for hydroxylation is 3. The lowest BCUT2D eigenvalue weighted by Gasteiger charge is -2.11. The molecule has 0 saturated heterocycles. The number of nitrogens with one attached hydrogen (secondary N) is 1. The number of ether oxygens (including phenoxy) is 1. The zero-order valence-electron chi connectivity index (χ0n) is 19.8. The summed E-state index contributed by atoms with van der Waals surface area (Å²) in [5.74, 6) is 1.78. The van der Waals surface area contributed by atoms with Crippen LogP contribution in [0.25, 0.3) is 17.1 Å². The van der Waals surface area contributed by atoms with Gasteiger partial charge in [-0.3, -0.25) is 4.79 Å². The monoisotopic (exact) mass is 453 g/mol. The lowest BCUT2D eigenvalue weighted by molar-refractivity contribution is -0.116. The number of aromatic nitrogens is 2. The minimum atomic E-state index is -0.103. The number of nitrogens with zero attached hydrogens (tertiary/aromatic N) is 2.